The van der Waals surface area contributed by atoms with Crippen LogP contribution in [0.4, 0.5) is 0 Å². The van der Waals surface area contributed by atoms with Gasteiger partial charge in [-0.2, -0.15) is 0 Å². The Bertz CT molecular complexity index is 382. The second-order valence-corrected chi connectivity index (χ2v) is 5.35. The van der Waals surface area contributed by atoms with Crippen molar-refractivity contribution in [3.63, 3.8) is 0 Å². The van der Waals surface area contributed by atoms with Gasteiger partial charge in [0.2, 0.25) is 0 Å². The smallest absolute Gasteiger partial charge is 0.335 e. The predicted octanol–water partition coefficient (Wildman–Crippen LogP) is 3.06. The Kier molecular flexibility index (Phi) is 5.40. The fraction of sp³-hybridized carbons (Fsp3) is 0.562. The Morgan fingerprint density at radius 3 is 2.58 bits per heavy atom. The molecule has 3 heteroatoms. The Labute approximate surface area is 114 Å². The SMILES string of the molecule is O=C(OCc1ccccc1)[C@@H](O)CC1CCCCC1. The summed E-state index contributed by atoms with van der Waals surface area (Å²) >= 11 is 0. The van der Waals surface area contributed by atoms with Crippen molar-refractivity contribution >= 4 is 5.97 Å². The van der Waals surface area contributed by atoms with Crippen LogP contribution in [0.3, 0.4) is 0 Å². The van der Waals surface area contributed by atoms with Gasteiger partial charge in [0.25, 0.3) is 0 Å². The maximum Gasteiger partial charge on any atom is 0.335 e. The minimum atomic E-state index is -0.966. The first-order chi connectivity index (χ1) is 9.25. The summed E-state index contributed by atoms with van der Waals surface area (Å²) in [6, 6.07) is 9.54. The zero-order valence-electron chi connectivity index (χ0n) is 11.3. The summed E-state index contributed by atoms with van der Waals surface area (Å²) in [4.78, 5) is 11.7. The maximum atomic E-state index is 11.7. The van der Waals surface area contributed by atoms with Gasteiger partial charge in [0.1, 0.15) is 6.61 Å². The summed E-state index contributed by atoms with van der Waals surface area (Å²) in [7, 11) is 0. The molecule has 3 nitrogen and oxygen atoms in total. The number of carbonyl (C=O) groups is 1. The summed E-state index contributed by atoms with van der Waals surface area (Å²) in [5.74, 6) is -0.0116. The number of carbonyl (C=O) groups excluding carboxylic acids is 1. The molecule has 1 atom stereocenters. The predicted molar refractivity (Wildman–Crippen MR) is 73.4 cm³/mol. The summed E-state index contributed by atoms with van der Waals surface area (Å²) in [5, 5.41) is 9.87. The molecule has 0 aliphatic heterocycles. The van der Waals surface area contributed by atoms with Crippen molar-refractivity contribution in [2.24, 2.45) is 5.92 Å². The highest BCUT2D eigenvalue weighted by molar-refractivity contribution is 5.74. The fourth-order valence-corrected chi connectivity index (χ4v) is 2.66. The third-order valence-corrected chi connectivity index (χ3v) is 3.78. The highest BCUT2D eigenvalue weighted by Crippen LogP contribution is 2.27. The number of benzene rings is 1. The van der Waals surface area contributed by atoms with Crippen LogP contribution >= 0.6 is 0 Å². The van der Waals surface area contributed by atoms with Gasteiger partial charge >= 0.3 is 5.97 Å². The first-order valence-electron chi connectivity index (χ1n) is 7.14. The lowest BCUT2D eigenvalue weighted by Crippen LogP contribution is -2.26. The van der Waals surface area contributed by atoms with Gasteiger partial charge in [-0.25, -0.2) is 4.79 Å². The first kappa shape index (κ1) is 14.1. The third kappa shape index (κ3) is 4.67. The van der Waals surface area contributed by atoms with Crippen LogP contribution in [0.2, 0.25) is 0 Å². The zero-order valence-corrected chi connectivity index (χ0v) is 11.3. The molecule has 1 aliphatic rings. The minimum Gasteiger partial charge on any atom is -0.459 e. The second-order valence-electron chi connectivity index (χ2n) is 5.35. The molecule has 0 aromatic heterocycles. The van der Waals surface area contributed by atoms with E-state index in [2.05, 4.69) is 0 Å². The van der Waals surface area contributed by atoms with Crippen molar-refractivity contribution in [3.05, 3.63) is 35.9 Å². The number of hydrogen-bond acceptors (Lipinski definition) is 3. The molecule has 0 radical (unpaired) electrons. The van der Waals surface area contributed by atoms with Gasteiger partial charge in [-0.3, -0.25) is 0 Å². The largest absolute Gasteiger partial charge is 0.459 e. The minimum absolute atomic E-state index is 0.237. The molecule has 1 aromatic rings. The van der Waals surface area contributed by atoms with E-state index >= 15 is 0 Å². The summed E-state index contributed by atoms with van der Waals surface area (Å²) < 4.78 is 5.14. The molecule has 1 aromatic carbocycles. The van der Waals surface area contributed by atoms with E-state index in [0.717, 1.165) is 18.4 Å². The zero-order chi connectivity index (χ0) is 13.5. The molecule has 0 spiro atoms. The van der Waals surface area contributed by atoms with Crippen LogP contribution in [-0.4, -0.2) is 17.2 Å². The Morgan fingerprint density at radius 1 is 1.21 bits per heavy atom. The number of rotatable bonds is 5. The van der Waals surface area contributed by atoms with Gasteiger partial charge in [-0.1, -0.05) is 62.4 Å². The van der Waals surface area contributed by atoms with Crippen molar-refractivity contribution in [2.75, 3.05) is 0 Å². The molecule has 0 amide bonds. The highest BCUT2D eigenvalue weighted by atomic mass is 16.5. The Hall–Kier alpha value is -1.35. The normalized spacial score (nSPS) is 17.9. The summed E-state index contributed by atoms with van der Waals surface area (Å²) in [5.41, 5.74) is 0.945. The molecule has 2 rings (SSSR count). The van der Waals surface area contributed by atoms with E-state index in [9.17, 15) is 9.90 Å². The molecule has 0 bridgehead atoms. The molecule has 104 valence electrons. The van der Waals surface area contributed by atoms with Gasteiger partial charge in [0.05, 0.1) is 0 Å². The topological polar surface area (TPSA) is 46.5 Å². The van der Waals surface area contributed by atoms with Crippen LogP contribution in [-0.2, 0) is 16.1 Å². The molecule has 19 heavy (non-hydrogen) atoms. The van der Waals surface area contributed by atoms with E-state index in [4.69, 9.17) is 4.74 Å². The van der Waals surface area contributed by atoms with Crippen LogP contribution in [0.25, 0.3) is 0 Å². The van der Waals surface area contributed by atoms with Gasteiger partial charge < -0.3 is 9.84 Å². The Morgan fingerprint density at radius 2 is 1.89 bits per heavy atom. The van der Waals surface area contributed by atoms with Crippen LogP contribution in [0, 0.1) is 5.92 Å². The number of aliphatic hydroxyl groups is 1. The van der Waals surface area contributed by atoms with Crippen molar-refractivity contribution in [1.82, 2.24) is 0 Å². The molecular weight excluding hydrogens is 240 g/mol. The van der Waals surface area contributed by atoms with Gasteiger partial charge in [0.15, 0.2) is 6.10 Å². The van der Waals surface area contributed by atoms with E-state index < -0.39 is 12.1 Å². The number of aliphatic hydroxyl groups excluding tert-OH is 1. The van der Waals surface area contributed by atoms with Crippen molar-refractivity contribution in [3.8, 4) is 0 Å². The molecule has 0 unspecified atom stereocenters. The summed E-state index contributed by atoms with van der Waals surface area (Å²) in [6.07, 6.45) is 5.56. The standard InChI is InChI=1S/C16H22O3/c17-15(11-13-7-3-1-4-8-13)16(18)19-12-14-9-5-2-6-10-14/h2,5-6,9-10,13,15,17H,1,3-4,7-8,11-12H2/t15-/m0/s1. The summed E-state index contributed by atoms with van der Waals surface area (Å²) in [6.45, 7) is 0.237. The van der Waals surface area contributed by atoms with Crippen molar-refractivity contribution < 1.29 is 14.6 Å². The Balaban J connectivity index is 1.72. The second kappa shape index (κ2) is 7.29. The van der Waals surface area contributed by atoms with E-state index in [0.29, 0.717) is 12.3 Å². The molecular formula is C16H22O3. The lowest BCUT2D eigenvalue weighted by molar-refractivity contribution is -0.156. The molecule has 0 saturated heterocycles. The van der Waals surface area contributed by atoms with Gasteiger partial charge in [-0.15, -0.1) is 0 Å². The van der Waals surface area contributed by atoms with Crippen molar-refractivity contribution in [1.29, 1.82) is 0 Å². The maximum absolute atomic E-state index is 11.7. The average molecular weight is 262 g/mol. The van der Waals surface area contributed by atoms with Crippen molar-refractivity contribution in [2.45, 2.75) is 51.2 Å². The van der Waals surface area contributed by atoms with Gasteiger partial charge in [0, 0.05) is 0 Å². The van der Waals surface area contributed by atoms with Crippen LogP contribution in [0.1, 0.15) is 44.1 Å². The number of ether oxygens (including phenoxy) is 1. The molecule has 1 N–H and O–H groups in total. The van der Waals surface area contributed by atoms with Crippen LogP contribution in [0.5, 0.6) is 0 Å². The first-order valence-corrected chi connectivity index (χ1v) is 7.14. The van der Waals surface area contributed by atoms with Crippen LogP contribution in [0.15, 0.2) is 30.3 Å². The van der Waals surface area contributed by atoms with Gasteiger partial charge in [-0.05, 0) is 17.9 Å². The molecule has 1 fully saturated rings. The molecule has 1 saturated carbocycles. The highest BCUT2D eigenvalue weighted by Gasteiger charge is 2.23. The van der Waals surface area contributed by atoms with E-state index in [-0.39, 0.29) is 6.61 Å². The van der Waals surface area contributed by atoms with E-state index in [1.54, 1.807) is 0 Å². The number of hydrogen-bond donors (Lipinski definition) is 1. The quantitative estimate of drug-likeness (QED) is 0.830. The van der Waals surface area contributed by atoms with E-state index in [1.165, 1.54) is 19.3 Å². The van der Waals surface area contributed by atoms with Crippen LogP contribution < -0.4 is 0 Å². The van der Waals surface area contributed by atoms with E-state index in [1.807, 2.05) is 30.3 Å². The lowest BCUT2D eigenvalue weighted by atomic mass is 9.85. The molecule has 0 heterocycles. The fourth-order valence-electron chi connectivity index (χ4n) is 2.66. The lowest BCUT2D eigenvalue weighted by Gasteiger charge is -2.23. The monoisotopic (exact) mass is 262 g/mol. The average Bonchev–Trinajstić information content (AvgIpc) is 2.47. The number of esters is 1. The third-order valence-electron chi connectivity index (χ3n) is 3.78. The molecule has 1 aliphatic carbocycles.